The summed E-state index contributed by atoms with van der Waals surface area (Å²) in [6.07, 6.45) is 3.23. The molecule has 1 aliphatic rings. The van der Waals surface area contributed by atoms with Gasteiger partial charge in [0.1, 0.15) is 12.4 Å². The molecule has 2 N–H and O–H groups in total. The van der Waals surface area contributed by atoms with Gasteiger partial charge < -0.3 is 15.4 Å². The van der Waals surface area contributed by atoms with Crippen LogP contribution in [0.5, 0.6) is 5.75 Å². The lowest BCUT2D eigenvalue weighted by Crippen LogP contribution is -2.47. The first-order valence-electron chi connectivity index (χ1n) is 6.55. The van der Waals surface area contributed by atoms with Crippen molar-refractivity contribution in [2.45, 2.75) is 25.3 Å². The molecule has 1 amide bonds. The number of nitrogens with one attached hydrogen (secondary N) is 2. The van der Waals surface area contributed by atoms with Crippen LogP contribution in [0.2, 0.25) is 0 Å². The predicted molar refractivity (Wildman–Crippen MR) is 70.6 cm³/mol. The molecular formula is C14H20N2O2. The van der Waals surface area contributed by atoms with E-state index in [1.807, 2.05) is 30.3 Å². The van der Waals surface area contributed by atoms with Gasteiger partial charge in [-0.2, -0.15) is 0 Å². The number of piperidine rings is 1. The molecule has 4 nitrogen and oxygen atoms in total. The molecule has 1 aliphatic heterocycles. The Hall–Kier alpha value is -1.55. The lowest BCUT2D eigenvalue weighted by atomic mass is 10.0. The summed E-state index contributed by atoms with van der Waals surface area (Å²) < 4.78 is 5.51. The van der Waals surface area contributed by atoms with E-state index in [1.54, 1.807) is 0 Å². The van der Waals surface area contributed by atoms with Gasteiger partial charge in [0.25, 0.3) is 0 Å². The van der Waals surface area contributed by atoms with Crippen LogP contribution in [0.4, 0.5) is 0 Å². The highest BCUT2D eigenvalue weighted by Crippen LogP contribution is 2.08. The highest BCUT2D eigenvalue weighted by Gasteiger charge is 2.19. The first-order chi connectivity index (χ1) is 8.86. The van der Waals surface area contributed by atoms with Gasteiger partial charge in [-0.05, 0) is 31.5 Å². The summed E-state index contributed by atoms with van der Waals surface area (Å²) in [6.45, 7) is 1.99. The molecule has 18 heavy (non-hydrogen) atoms. The topological polar surface area (TPSA) is 50.4 Å². The maximum absolute atomic E-state index is 11.8. The third-order valence-electron chi connectivity index (χ3n) is 3.04. The molecule has 2 rings (SSSR count). The van der Waals surface area contributed by atoms with Gasteiger partial charge in [-0.1, -0.05) is 24.6 Å². The van der Waals surface area contributed by atoms with Crippen LogP contribution in [0, 0.1) is 0 Å². The Labute approximate surface area is 108 Å². The third kappa shape index (κ3) is 4.04. The van der Waals surface area contributed by atoms with Gasteiger partial charge >= 0.3 is 0 Å². The number of benzene rings is 1. The van der Waals surface area contributed by atoms with Gasteiger partial charge in [0, 0.05) is 0 Å². The summed E-state index contributed by atoms with van der Waals surface area (Å²) in [4.78, 5) is 11.8. The van der Waals surface area contributed by atoms with Crippen LogP contribution in [-0.4, -0.2) is 31.6 Å². The zero-order valence-electron chi connectivity index (χ0n) is 10.5. The zero-order valence-corrected chi connectivity index (χ0v) is 10.5. The number of hydrogen-bond acceptors (Lipinski definition) is 3. The average molecular weight is 248 g/mol. The van der Waals surface area contributed by atoms with E-state index < -0.39 is 0 Å². The molecule has 0 bridgehead atoms. The van der Waals surface area contributed by atoms with Gasteiger partial charge in [0.2, 0.25) is 5.91 Å². The van der Waals surface area contributed by atoms with Crippen molar-refractivity contribution in [1.29, 1.82) is 0 Å². The molecule has 0 unspecified atom stereocenters. The third-order valence-corrected chi connectivity index (χ3v) is 3.04. The summed E-state index contributed by atoms with van der Waals surface area (Å²) >= 11 is 0. The number of carbonyl (C=O) groups excluding carboxylic acids is 1. The van der Waals surface area contributed by atoms with E-state index in [0.29, 0.717) is 13.2 Å². The lowest BCUT2D eigenvalue weighted by molar-refractivity contribution is -0.123. The minimum atomic E-state index is -0.0181. The number of rotatable bonds is 5. The van der Waals surface area contributed by atoms with Crippen LogP contribution in [0.25, 0.3) is 0 Å². The molecule has 98 valence electrons. The zero-order chi connectivity index (χ0) is 12.6. The molecule has 1 saturated heterocycles. The first-order valence-corrected chi connectivity index (χ1v) is 6.55. The van der Waals surface area contributed by atoms with Crippen LogP contribution in [0.1, 0.15) is 19.3 Å². The largest absolute Gasteiger partial charge is 0.492 e. The number of para-hydroxylation sites is 1. The van der Waals surface area contributed by atoms with Gasteiger partial charge in [-0.15, -0.1) is 0 Å². The van der Waals surface area contributed by atoms with E-state index in [9.17, 15) is 4.79 Å². The first kappa shape index (κ1) is 12.9. The maximum atomic E-state index is 11.8. The van der Waals surface area contributed by atoms with Gasteiger partial charge in [-0.25, -0.2) is 0 Å². The Morgan fingerprint density at radius 3 is 2.89 bits per heavy atom. The fourth-order valence-corrected chi connectivity index (χ4v) is 2.06. The SMILES string of the molecule is O=C(NCCOc1ccccc1)[C@@H]1CCCCN1. The molecule has 0 spiro atoms. The van der Waals surface area contributed by atoms with Crippen molar-refractivity contribution >= 4 is 5.91 Å². The molecule has 4 heteroatoms. The predicted octanol–water partition coefficient (Wildman–Crippen LogP) is 1.32. The van der Waals surface area contributed by atoms with Crippen LogP contribution >= 0.6 is 0 Å². The smallest absolute Gasteiger partial charge is 0.237 e. The van der Waals surface area contributed by atoms with Crippen LogP contribution < -0.4 is 15.4 Å². The summed E-state index contributed by atoms with van der Waals surface area (Å²) in [7, 11) is 0. The molecule has 1 aromatic carbocycles. The Balaban J connectivity index is 1.61. The minimum absolute atomic E-state index is 0.0181. The fraction of sp³-hybridized carbons (Fsp3) is 0.500. The average Bonchev–Trinajstić information content (AvgIpc) is 2.45. The van der Waals surface area contributed by atoms with E-state index >= 15 is 0 Å². The molecule has 0 saturated carbocycles. The normalized spacial score (nSPS) is 19.2. The van der Waals surface area contributed by atoms with Crippen molar-refractivity contribution in [2.24, 2.45) is 0 Å². The van der Waals surface area contributed by atoms with Crippen LogP contribution in [0.15, 0.2) is 30.3 Å². The van der Waals surface area contributed by atoms with E-state index in [-0.39, 0.29) is 11.9 Å². The molecule has 0 aromatic heterocycles. The quantitative estimate of drug-likeness (QED) is 0.773. The Morgan fingerprint density at radius 1 is 1.33 bits per heavy atom. The second-order valence-corrected chi connectivity index (χ2v) is 4.46. The van der Waals surface area contributed by atoms with Crippen molar-refractivity contribution in [3.8, 4) is 5.75 Å². The van der Waals surface area contributed by atoms with E-state index in [2.05, 4.69) is 10.6 Å². The summed E-state index contributed by atoms with van der Waals surface area (Å²) in [5.74, 6) is 0.925. The number of carbonyl (C=O) groups is 1. The fourth-order valence-electron chi connectivity index (χ4n) is 2.06. The Morgan fingerprint density at radius 2 is 2.17 bits per heavy atom. The summed E-state index contributed by atoms with van der Waals surface area (Å²) in [6, 6.07) is 9.61. The molecular weight excluding hydrogens is 228 g/mol. The number of hydrogen-bond donors (Lipinski definition) is 2. The van der Waals surface area contributed by atoms with E-state index in [0.717, 1.165) is 25.1 Å². The van der Waals surface area contributed by atoms with Crippen molar-refractivity contribution in [3.05, 3.63) is 30.3 Å². The van der Waals surface area contributed by atoms with Crippen LogP contribution in [-0.2, 0) is 4.79 Å². The Kier molecular flexibility index (Phi) is 5.02. The highest BCUT2D eigenvalue weighted by atomic mass is 16.5. The van der Waals surface area contributed by atoms with Gasteiger partial charge in [-0.3, -0.25) is 4.79 Å². The monoisotopic (exact) mass is 248 g/mol. The molecule has 1 atom stereocenters. The minimum Gasteiger partial charge on any atom is -0.492 e. The second kappa shape index (κ2) is 7.01. The second-order valence-electron chi connectivity index (χ2n) is 4.46. The highest BCUT2D eigenvalue weighted by molar-refractivity contribution is 5.81. The van der Waals surface area contributed by atoms with Gasteiger partial charge in [0.15, 0.2) is 0 Å². The van der Waals surface area contributed by atoms with Crippen LogP contribution in [0.3, 0.4) is 0 Å². The standard InChI is InChI=1S/C14H20N2O2/c17-14(13-8-4-5-9-15-13)16-10-11-18-12-6-2-1-3-7-12/h1-3,6-7,13,15H,4-5,8-11H2,(H,16,17)/t13-/m0/s1. The summed E-state index contributed by atoms with van der Waals surface area (Å²) in [5, 5.41) is 6.12. The molecule has 1 fully saturated rings. The van der Waals surface area contributed by atoms with Crippen molar-refractivity contribution in [2.75, 3.05) is 19.7 Å². The number of amides is 1. The number of ether oxygens (including phenoxy) is 1. The summed E-state index contributed by atoms with van der Waals surface area (Å²) in [5.41, 5.74) is 0. The Bertz CT molecular complexity index is 361. The molecule has 1 aromatic rings. The molecule has 0 aliphatic carbocycles. The van der Waals surface area contributed by atoms with Crippen molar-refractivity contribution in [3.63, 3.8) is 0 Å². The molecule has 1 heterocycles. The molecule has 0 radical (unpaired) electrons. The maximum Gasteiger partial charge on any atom is 0.237 e. The lowest BCUT2D eigenvalue weighted by Gasteiger charge is -2.22. The van der Waals surface area contributed by atoms with Gasteiger partial charge in [0.05, 0.1) is 12.6 Å². The van der Waals surface area contributed by atoms with Crippen molar-refractivity contribution < 1.29 is 9.53 Å². The van der Waals surface area contributed by atoms with Crippen molar-refractivity contribution in [1.82, 2.24) is 10.6 Å². The van der Waals surface area contributed by atoms with E-state index in [1.165, 1.54) is 6.42 Å². The van der Waals surface area contributed by atoms with E-state index in [4.69, 9.17) is 4.74 Å².